The lowest BCUT2D eigenvalue weighted by Crippen LogP contribution is -2.30. The van der Waals surface area contributed by atoms with Crippen LogP contribution < -0.4 is 0 Å². The van der Waals surface area contributed by atoms with Crippen LogP contribution in [0.2, 0.25) is 0 Å². The summed E-state index contributed by atoms with van der Waals surface area (Å²) < 4.78 is 16.7. The Hall–Kier alpha value is -1.59. The number of carbonyl (C=O) groups is 3. The van der Waals surface area contributed by atoms with Crippen LogP contribution in [0, 0.1) is 0 Å². The van der Waals surface area contributed by atoms with E-state index in [1.807, 2.05) is 0 Å². The van der Waals surface area contributed by atoms with Crippen molar-refractivity contribution < 1.29 is 28.6 Å². The summed E-state index contributed by atoms with van der Waals surface area (Å²) in [7, 11) is 0. The van der Waals surface area contributed by atoms with Gasteiger partial charge in [0.15, 0.2) is 6.10 Å². The monoisotopic (exact) mass is 765 g/mol. The first-order chi connectivity index (χ1) is 26.5. The first kappa shape index (κ1) is 52.4. The van der Waals surface area contributed by atoms with Crippen LogP contribution in [0.4, 0.5) is 0 Å². The lowest BCUT2D eigenvalue weighted by molar-refractivity contribution is -0.167. The van der Waals surface area contributed by atoms with Crippen LogP contribution in [-0.4, -0.2) is 37.2 Å². The number of hydrogen-bond donors (Lipinski definition) is 0. The Kier molecular flexibility index (Phi) is 42.8. The molecule has 0 spiro atoms. The normalized spacial score (nSPS) is 11.8. The van der Waals surface area contributed by atoms with Crippen LogP contribution in [0.1, 0.15) is 271 Å². The molecule has 0 aliphatic rings. The van der Waals surface area contributed by atoms with E-state index in [4.69, 9.17) is 14.2 Å². The summed E-state index contributed by atoms with van der Waals surface area (Å²) in [6.45, 7) is 6.65. The van der Waals surface area contributed by atoms with Gasteiger partial charge in [-0.1, -0.05) is 233 Å². The molecule has 0 radical (unpaired) electrons. The van der Waals surface area contributed by atoms with Crippen molar-refractivity contribution in [1.29, 1.82) is 0 Å². The second kappa shape index (κ2) is 44.1. The van der Waals surface area contributed by atoms with Gasteiger partial charge in [0.1, 0.15) is 13.2 Å². The highest BCUT2D eigenvalue weighted by atomic mass is 16.6. The molecule has 0 rings (SSSR count). The van der Waals surface area contributed by atoms with Gasteiger partial charge in [-0.2, -0.15) is 0 Å². The zero-order chi connectivity index (χ0) is 39.4. The highest BCUT2D eigenvalue weighted by molar-refractivity contribution is 5.71. The minimum Gasteiger partial charge on any atom is -0.462 e. The average molecular weight is 765 g/mol. The van der Waals surface area contributed by atoms with Gasteiger partial charge in [-0.15, -0.1) is 0 Å². The van der Waals surface area contributed by atoms with Crippen molar-refractivity contribution in [1.82, 2.24) is 0 Å². The summed E-state index contributed by atoms with van der Waals surface area (Å²) in [6.07, 6.45) is 45.1. The van der Waals surface area contributed by atoms with E-state index in [1.54, 1.807) is 0 Å². The molecule has 6 nitrogen and oxygen atoms in total. The summed E-state index contributed by atoms with van der Waals surface area (Å²) >= 11 is 0. The standard InChI is InChI=1S/C48H92O6/c1-4-7-10-13-16-19-22-23-24-25-27-29-32-35-38-41-47(50)53-44-45(43-52-46(49)40-37-34-31-28-21-18-15-12-9-6-3)54-48(51)42-39-36-33-30-26-20-17-14-11-8-5-2/h45H,4-44H2,1-3H3/t45-/m0/s1. The Morgan fingerprint density at radius 2 is 0.500 bits per heavy atom. The molecule has 0 unspecified atom stereocenters. The summed E-state index contributed by atoms with van der Waals surface area (Å²) in [5.74, 6) is -0.849. The predicted octanol–water partition coefficient (Wildman–Crippen LogP) is 15.3. The summed E-state index contributed by atoms with van der Waals surface area (Å²) in [4.78, 5) is 37.7. The summed E-state index contributed by atoms with van der Waals surface area (Å²) in [5, 5.41) is 0. The van der Waals surface area contributed by atoms with Crippen molar-refractivity contribution in [2.45, 2.75) is 277 Å². The zero-order valence-electron chi connectivity index (χ0n) is 36.5. The third-order valence-corrected chi connectivity index (χ3v) is 10.9. The van der Waals surface area contributed by atoms with Gasteiger partial charge in [-0.05, 0) is 19.3 Å². The molecule has 1 atom stereocenters. The molecular formula is C48H92O6. The van der Waals surface area contributed by atoms with Crippen molar-refractivity contribution in [2.75, 3.05) is 13.2 Å². The lowest BCUT2D eigenvalue weighted by Gasteiger charge is -2.18. The van der Waals surface area contributed by atoms with E-state index in [2.05, 4.69) is 20.8 Å². The molecule has 0 aliphatic heterocycles. The largest absolute Gasteiger partial charge is 0.462 e. The molecule has 320 valence electrons. The maximum Gasteiger partial charge on any atom is 0.306 e. The van der Waals surface area contributed by atoms with Gasteiger partial charge in [0.2, 0.25) is 0 Å². The molecular weight excluding hydrogens is 673 g/mol. The molecule has 0 aromatic carbocycles. The van der Waals surface area contributed by atoms with Gasteiger partial charge in [0.25, 0.3) is 0 Å². The molecule has 0 aromatic rings. The van der Waals surface area contributed by atoms with Crippen LogP contribution in [-0.2, 0) is 28.6 Å². The number of carbonyl (C=O) groups excluding carboxylic acids is 3. The predicted molar refractivity (Wildman–Crippen MR) is 229 cm³/mol. The quantitative estimate of drug-likeness (QED) is 0.0349. The fourth-order valence-electron chi connectivity index (χ4n) is 7.21. The molecule has 0 saturated heterocycles. The minimum atomic E-state index is -0.758. The second-order valence-corrected chi connectivity index (χ2v) is 16.4. The van der Waals surface area contributed by atoms with E-state index >= 15 is 0 Å². The van der Waals surface area contributed by atoms with Crippen LogP contribution in [0.5, 0.6) is 0 Å². The van der Waals surface area contributed by atoms with E-state index < -0.39 is 6.10 Å². The van der Waals surface area contributed by atoms with Gasteiger partial charge in [-0.25, -0.2) is 0 Å². The third-order valence-electron chi connectivity index (χ3n) is 10.9. The Bertz CT molecular complexity index is 798. The smallest absolute Gasteiger partial charge is 0.306 e. The maximum atomic E-state index is 12.7. The van der Waals surface area contributed by atoms with Gasteiger partial charge in [-0.3, -0.25) is 14.4 Å². The van der Waals surface area contributed by atoms with Crippen molar-refractivity contribution in [3.8, 4) is 0 Å². The molecule has 0 fully saturated rings. The zero-order valence-corrected chi connectivity index (χ0v) is 36.5. The van der Waals surface area contributed by atoms with Crippen molar-refractivity contribution in [2.24, 2.45) is 0 Å². The van der Waals surface area contributed by atoms with Gasteiger partial charge in [0, 0.05) is 19.3 Å². The van der Waals surface area contributed by atoms with Crippen molar-refractivity contribution >= 4 is 17.9 Å². The Morgan fingerprint density at radius 3 is 0.741 bits per heavy atom. The molecule has 0 amide bonds. The van der Waals surface area contributed by atoms with E-state index in [0.29, 0.717) is 19.3 Å². The van der Waals surface area contributed by atoms with E-state index in [0.717, 1.165) is 57.8 Å². The van der Waals surface area contributed by atoms with Gasteiger partial charge < -0.3 is 14.2 Å². The Labute approximate surface area is 336 Å². The minimum absolute atomic E-state index is 0.0624. The van der Waals surface area contributed by atoms with Gasteiger partial charge >= 0.3 is 17.9 Å². The number of hydrogen-bond acceptors (Lipinski definition) is 6. The van der Waals surface area contributed by atoms with Crippen molar-refractivity contribution in [3.05, 3.63) is 0 Å². The summed E-state index contributed by atoms with van der Waals surface area (Å²) in [5.41, 5.74) is 0. The van der Waals surface area contributed by atoms with E-state index in [-0.39, 0.29) is 31.1 Å². The third kappa shape index (κ3) is 41.6. The number of esters is 3. The fourth-order valence-corrected chi connectivity index (χ4v) is 7.21. The second-order valence-electron chi connectivity index (χ2n) is 16.4. The van der Waals surface area contributed by atoms with Crippen LogP contribution in [0.3, 0.4) is 0 Å². The topological polar surface area (TPSA) is 78.9 Å². The Balaban J connectivity index is 4.28. The highest BCUT2D eigenvalue weighted by Gasteiger charge is 2.19. The molecule has 0 N–H and O–H groups in total. The van der Waals surface area contributed by atoms with Crippen molar-refractivity contribution in [3.63, 3.8) is 0 Å². The summed E-state index contributed by atoms with van der Waals surface area (Å²) in [6, 6.07) is 0. The first-order valence-corrected chi connectivity index (χ1v) is 24.0. The van der Waals surface area contributed by atoms with E-state index in [9.17, 15) is 14.4 Å². The molecule has 0 aromatic heterocycles. The Morgan fingerprint density at radius 1 is 0.296 bits per heavy atom. The fraction of sp³-hybridized carbons (Fsp3) is 0.938. The number of unbranched alkanes of at least 4 members (excludes halogenated alkanes) is 33. The molecule has 0 saturated carbocycles. The van der Waals surface area contributed by atoms with Gasteiger partial charge in [0.05, 0.1) is 0 Å². The van der Waals surface area contributed by atoms with Crippen LogP contribution in [0.15, 0.2) is 0 Å². The molecule has 6 heteroatoms. The molecule has 54 heavy (non-hydrogen) atoms. The van der Waals surface area contributed by atoms with Crippen LogP contribution >= 0.6 is 0 Å². The van der Waals surface area contributed by atoms with E-state index in [1.165, 1.54) is 173 Å². The number of rotatable bonds is 44. The SMILES string of the molecule is CCCCCCCCCCCCCCCCCC(=O)OC[C@H](COC(=O)CCCCCCCCCCCC)OC(=O)CCCCCCCCCCCCC. The van der Waals surface area contributed by atoms with Crippen LogP contribution in [0.25, 0.3) is 0 Å². The lowest BCUT2D eigenvalue weighted by atomic mass is 10.0. The molecule has 0 aliphatic carbocycles. The number of ether oxygens (including phenoxy) is 3. The average Bonchev–Trinajstić information content (AvgIpc) is 3.17. The molecule has 0 heterocycles. The first-order valence-electron chi connectivity index (χ1n) is 24.0. The molecule has 0 bridgehead atoms. The maximum absolute atomic E-state index is 12.7. The highest BCUT2D eigenvalue weighted by Crippen LogP contribution is 2.16.